The van der Waals surface area contributed by atoms with Crippen molar-refractivity contribution in [1.29, 1.82) is 0 Å². The third-order valence-electron chi connectivity index (χ3n) is 3.85. The Morgan fingerprint density at radius 2 is 2.00 bits per heavy atom. The van der Waals surface area contributed by atoms with Gasteiger partial charge in [0.05, 0.1) is 5.69 Å². The molecular weight excluding hydrogens is 234 g/mol. The molecule has 0 saturated heterocycles. The molecule has 0 saturated carbocycles. The van der Waals surface area contributed by atoms with E-state index in [-0.39, 0.29) is 0 Å². The number of benzene rings is 1. The second-order valence-corrected chi connectivity index (χ2v) is 5.13. The number of hydrogen-bond acceptors (Lipinski definition) is 2. The molecule has 1 aromatic carbocycles. The second-order valence-electron chi connectivity index (χ2n) is 5.13. The van der Waals surface area contributed by atoms with Gasteiger partial charge in [0.25, 0.3) is 0 Å². The van der Waals surface area contributed by atoms with Crippen LogP contribution in [0.2, 0.25) is 0 Å². The van der Waals surface area contributed by atoms with Gasteiger partial charge in [0.1, 0.15) is 0 Å². The molecule has 0 aliphatic carbocycles. The molecule has 19 heavy (non-hydrogen) atoms. The number of hydrogen-bond donors (Lipinski definition) is 1. The molecule has 3 nitrogen and oxygen atoms in total. The lowest BCUT2D eigenvalue weighted by Crippen LogP contribution is -2.31. The first-order valence-electron chi connectivity index (χ1n) is 7.03. The van der Waals surface area contributed by atoms with Crippen molar-refractivity contribution in [3.8, 4) is 5.69 Å². The molecule has 1 N–H and O–H groups in total. The van der Waals surface area contributed by atoms with Gasteiger partial charge in [0.15, 0.2) is 0 Å². The van der Waals surface area contributed by atoms with Crippen molar-refractivity contribution >= 4 is 0 Å². The van der Waals surface area contributed by atoms with E-state index in [2.05, 4.69) is 55.5 Å². The predicted octanol–water partition coefficient (Wildman–Crippen LogP) is 3.40. The molecule has 2 atom stereocenters. The van der Waals surface area contributed by atoms with Gasteiger partial charge < -0.3 is 5.32 Å². The van der Waals surface area contributed by atoms with Gasteiger partial charge >= 0.3 is 0 Å². The Kier molecular flexibility index (Phi) is 4.74. The van der Waals surface area contributed by atoms with Crippen LogP contribution in [0, 0.1) is 5.92 Å². The standard InChI is InChI=1S/C16H23N3/c1-4-13(2)14(3)17-12-15-8-5-6-9-16(15)19-11-7-10-18-19/h5-11,13-14,17H,4,12H2,1-3H3. The Bertz CT molecular complexity index is 490. The SMILES string of the molecule is CCC(C)C(C)NCc1ccccc1-n1cccn1. The monoisotopic (exact) mass is 257 g/mol. The normalized spacial score (nSPS) is 14.3. The minimum atomic E-state index is 0.524. The summed E-state index contributed by atoms with van der Waals surface area (Å²) in [6.07, 6.45) is 5.00. The third kappa shape index (κ3) is 3.44. The van der Waals surface area contributed by atoms with Crippen LogP contribution in [-0.4, -0.2) is 15.8 Å². The smallest absolute Gasteiger partial charge is 0.0690 e. The average Bonchev–Trinajstić information content (AvgIpc) is 2.98. The highest BCUT2D eigenvalue weighted by Crippen LogP contribution is 2.14. The molecule has 1 heterocycles. The summed E-state index contributed by atoms with van der Waals surface area (Å²) in [7, 11) is 0. The van der Waals surface area contributed by atoms with E-state index in [9.17, 15) is 0 Å². The van der Waals surface area contributed by atoms with E-state index in [1.165, 1.54) is 12.0 Å². The van der Waals surface area contributed by atoms with Crippen LogP contribution < -0.4 is 5.32 Å². The van der Waals surface area contributed by atoms with Gasteiger partial charge in [0, 0.05) is 25.0 Å². The topological polar surface area (TPSA) is 29.9 Å². The van der Waals surface area contributed by atoms with Crippen molar-refractivity contribution in [2.24, 2.45) is 5.92 Å². The maximum atomic E-state index is 4.31. The average molecular weight is 257 g/mol. The molecule has 2 aromatic rings. The van der Waals surface area contributed by atoms with Crippen LogP contribution in [0.3, 0.4) is 0 Å². The summed E-state index contributed by atoms with van der Waals surface area (Å²) in [5.41, 5.74) is 2.43. The van der Waals surface area contributed by atoms with Crippen molar-refractivity contribution in [3.05, 3.63) is 48.3 Å². The van der Waals surface area contributed by atoms with Crippen LogP contribution in [0.5, 0.6) is 0 Å². The van der Waals surface area contributed by atoms with Crippen LogP contribution >= 0.6 is 0 Å². The van der Waals surface area contributed by atoms with Crippen molar-refractivity contribution in [3.63, 3.8) is 0 Å². The molecule has 1 aromatic heterocycles. The Balaban J connectivity index is 2.09. The molecule has 2 rings (SSSR count). The quantitative estimate of drug-likeness (QED) is 0.859. The minimum Gasteiger partial charge on any atom is -0.310 e. The zero-order valence-electron chi connectivity index (χ0n) is 12.0. The van der Waals surface area contributed by atoms with Crippen molar-refractivity contribution in [1.82, 2.24) is 15.1 Å². The van der Waals surface area contributed by atoms with Crippen LogP contribution in [0.25, 0.3) is 5.69 Å². The molecule has 0 fully saturated rings. The van der Waals surface area contributed by atoms with Gasteiger partial charge in [0.2, 0.25) is 0 Å². The van der Waals surface area contributed by atoms with Crippen molar-refractivity contribution < 1.29 is 0 Å². The number of nitrogens with zero attached hydrogens (tertiary/aromatic N) is 2. The van der Waals surface area contributed by atoms with Gasteiger partial charge in [-0.15, -0.1) is 0 Å². The molecule has 2 unspecified atom stereocenters. The Morgan fingerprint density at radius 3 is 2.68 bits per heavy atom. The van der Waals surface area contributed by atoms with Crippen LogP contribution in [0.4, 0.5) is 0 Å². The fraction of sp³-hybridized carbons (Fsp3) is 0.438. The van der Waals surface area contributed by atoms with E-state index in [1.54, 1.807) is 0 Å². The highest BCUT2D eigenvalue weighted by Gasteiger charge is 2.10. The molecule has 3 heteroatoms. The fourth-order valence-electron chi connectivity index (χ4n) is 2.12. The number of nitrogens with one attached hydrogen (secondary N) is 1. The highest BCUT2D eigenvalue weighted by atomic mass is 15.3. The molecule has 0 amide bonds. The zero-order valence-corrected chi connectivity index (χ0v) is 12.0. The lowest BCUT2D eigenvalue weighted by atomic mass is 10.0. The van der Waals surface area contributed by atoms with E-state index in [0.29, 0.717) is 12.0 Å². The molecule has 0 bridgehead atoms. The fourth-order valence-corrected chi connectivity index (χ4v) is 2.12. The molecule has 0 aliphatic rings. The van der Waals surface area contributed by atoms with Gasteiger partial charge in [-0.05, 0) is 30.5 Å². The largest absolute Gasteiger partial charge is 0.310 e. The van der Waals surface area contributed by atoms with E-state index in [1.807, 2.05) is 23.1 Å². The summed E-state index contributed by atoms with van der Waals surface area (Å²) < 4.78 is 1.92. The summed E-state index contributed by atoms with van der Waals surface area (Å²) in [5.74, 6) is 0.692. The first-order valence-corrected chi connectivity index (χ1v) is 7.03. The Labute approximate surface area is 115 Å². The van der Waals surface area contributed by atoms with E-state index < -0.39 is 0 Å². The van der Waals surface area contributed by atoms with Gasteiger partial charge in [-0.2, -0.15) is 5.10 Å². The Hall–Kier alpha value is -1.61. The van der Waals surface area contributed by atoms with Gasteiger partial charge in [-0.1, -0.05) is 38.5 Å². The van der Waals surface area contributed by atoms with Gasteiger partial charge in [-0.3, -0.25) is 0 Å². The van der Waals surface area contributed by atoms with E-state index in [0.717, 1.165) is 12.2 Å². The predicted molar refractivity (Wildman–Crippen MR) is 79.3 cm³/mol. The number of rotatable bonds is 6. The lowest BCUT2D eigenvalue weighted by molar-refractivity contribution is 0.389. The van der Waals surface area contributed by atoms with Crippen LogP contribution in [-0.2, 0) is 6.54 Å². The maximum absolute atomic E-state index is 4.31. The zero-order chi connectivity index (χ0) is 13.7. The van der Waals surface area contributed by atoms with Crippen LogP contribution in [0.1, 0.15) is 32.8 Å². The molecule has 0 spiro atoms. The molecule has 0 radical (unpaired) electrons. The van der Waals surface area contributed by atoms with Crippen LogP contribution in [0.15, 0.2) is 42.7 Å². The Morgan fingerprint density at radius 1 is 1.21 bits per heavy atom. The van der Waals surface area contributed by atoms with E-state index in [4.69, 9.17) is 0 Å². The highest BCUT2D eigenvalue weighted by molar-refractivity contribution is 5.40. The number of para-hydroxylation sites is 1. The molecule has 0 aliphatic heterocycles. The lowest BCUT2D eigenvalue weighted by Gasteiger charge is -2.20. The summed E-state index contributed by atoms with van der Waals surface area (Å²) in [6.45, 7) is 7.66. The second kappa shape index (κ2) is 6.53. The molecular formula is C16H23N3. The number of aromatic nitrogens is 2. The minimum absolute atomic E-state index is 0.524. The molecule has 102 valence electrons. The first kappa shape index (κ1) is 13.8. The van der Waals surface area contributed by atoms with E-state index >= 15 is 0 Å². The summed E-state index contributed by atoms with van der Waals surface area (Å²) >= 11 is 0. The summed E-state index contributed by atoms with van der Waals surface area (Å²) in [6, 6.07) is 10.9. The first-order chi connectivity index (χ1) is 9.22. The third-order valence-corrected chi connectivity index (χ3v) is 3.85. The van der Waals surface area contributed by atoms with Gasteiger partial charge in [-0.25, -0.2) is 4.68 Å². The summed E-state index contributed by atoms with van der Waals surface area (Å²) in [5, 5.41) is 7.93. The summed E-state index contributed by atoms with van der Waals surface area (Å²) in [4.78, 5) is 0. The van der Waals surface area contributed by atoms with Crippen molar-refractivity contribution in [2.45, 2.75) is 39.8 Å². The maximum Gasteiger partial charge on any atom is 0.0690 e. The van der Waals surface area contributed by atoms with Crippen molar-refractivity contribution in [2.75, 3.05) is 0 Å².